The molecule has 0 bridgehead atoms. The van der Waals surface area contributed by atoms with Crippen LogP contribution in [-0.4, -0.2) is 46.2 Å². The Morgan fingerprint density at radius 3 is 2.62 bits per heavy atom. The fourth-order valence-electron chi connectivity index (χ4n) is 3.75. The Morgan fingerprint density at radius 1 is 1.14 bits per heavy atom. The first-order chi connectivity index (χ1) is 14.2. The number of allylic oxidation sites excluding steroid dienone is 2. The van der Waals surface area contributed by atoms with E-state index in [-0.39, 0.29) is 6.10 Å². The van der Waals surface area contributed by atoms with Crippen LogP contribution in [0.5, 0.6) is 11.6 Å². The summed E-state index contributed by atoms with van der Waals surface area (Å²) in [4.78, 5) is 10.8. The predicted molar refractivity (Wildman–Crippen MR) is 111 cm³/mol. The Bertz CT molecular complexity index is 859. The van der Waals surface area contributed by atoms with E-state index in [0.29, 0.717) is 5.88 Å². The molecule has 0 amide bonds. The minimum Gasteiger partial charge on any atom is -0.489 e. The minimum atomic E-state index is 0.197. The molecule has 0 saturated carbocycles. The third-order valence-corrected chi connectivity index (χ3v) is 5.22. The highest BCUT2D eigenvalue weighted by Gasteiger charge is 2.27. The Kier molecular flexibility index (Phi) is 5.84. The summed E-state index contributed by atoms with van der Waals surface area (Å²) in [7, 11) is 1.61. The monoisotopic (exact) mass is 393 g/mol. The number of methoxy groups -OCH3 is 1. The lowest BCUT2D eigenvalue weighted by Crippen LogP contribution is -2.47. The van der Waals surface area contributed by atoms with Gasteiger partial charge in [0.05, 0.1) is 19.9 Å². The SMILES string of the molecule is COc1ccc(OC2CCN(C3=C(C)C=CNN3Cc3ccncc3)CC2)cn1. The number of pyridine rings is 2. The number of hydrazine groups is 1. The van der Waals surface area contributed by atoms with Gasteiger partial charge in [0.15, 0.2) is 0 Å². The van der Waals surface area contributed by atoms with Crippen LogP contribution in [0.2, 0.25) is 0 Å². The normalized spacial score (nSPS) is 17.3. The van der Waals surface area contributed by atoms with E-state index in [1.165, 1.54) is 17.0 Å². The molecule has 2 aliphatic rings. The third kappa shape index (κ3) is 4.62. The highest BCUT2D eigenvalue weighted by Crippen LogP contribution is 2.26. The van der Waals surface area contributed by atoms with Gasteiger partial charge in [0.2, 0.25) is 5.88 Å². The van der Waals surface area contributed by atoms with Crippen LogP contribution in [0.15, 0.2) is 66.5 Å². The van der Waals surface area contributed by atoms with Crippen molar-refractivity contribution in [1.29, 1.82) is 0 Å². The number of ether oxygens (including phenoxy) is 2. The maximum absolute atomic E-state index is 6.13. The van der Waals surface area contributed by atoms with Gasteiger partial charge in [0.25, 0.3) is 0 Å². The smallest absolute Gasteiger partial charge is 0.213 e. The number of hydrogen-bond acceptors (Lipinski definition) is 7. The van der Waals surface area contributed by atoms with Gasteiger partial charge in [-0.25, -0.2) is 4.98 Å². The Morgan fingerprint density at radius 2 is 1.93 bits per heavy atom. The van der Waals surface area contributed by atoms with Crippen LogP contribution < -0.4 is 14.9 Å². The van der Waals surface area contributed by atoms with Crippen LogP contribution in [0, 0.1) is 0 Å². The molecule has 4 rings (SSSR count). The molecular weight excluding hydrogens is 366 g/mol. The standard InChI is InChI=1S/C22H27N5O2/c1-17-5-12-25-27(16-18-6-10-23-11-7-18)22(17)26-13-8-19(9-14-26)29-20-3-4-21(28-2)24-15-20/h3-7,10-12,15,19,25H,8-9,13-14,16H2,1-2H3. The summed E-state index contributed by atoms with van der Waals surface area (Å²) in [6, 6.07) is 7.85. The predicted octanol–water partition coefficient (Wildman–Crippen LogP) is 3.09. The Balaban J connectivity index is 1.38. The molecule has 0 radical (unpaired) electrons. The quantitative estimate of drug-likeness (QED) is 0.809. The fourth-order valence-corrected chi connectivity index (χ4v) is 3.75. The van der Waals surface area contributed by atoms with Crippen molar-refractivity contribution in [3.05, 3.63) is 72.1 Å². The molecule has 0 aliphatic carbocycles. The van der Waals surface area contributed by atoms with Gasteiger partial charge in [0, 0.05) is 50.6 Å². The lowest BCUT2D eigenvalue weighted by atomic mass is 10.1. The van der Waals surface area contributed by atoms with Crippen molar-refractivity contribution < 1.29 is 9.47 Å². The summed E-state index contributed by atoms with van der Waals surface area (Å²) in [6.07, 6.45) is 11.7. The number of hydrogen-bond donors (Lipinski definition) is 1. The van der Waals surface area contributed by atoms with Crippen molar-refractivity contribution in [3.8, 4) is 11.6 Å². The van der Waals surface area contributed by atoms with Crippen molar-refractivity contribution in [3.63, 3.8) is 0 Å². The molecule has 0 atom stereocenters. The van der Waals surface area contributed by atoms with Gasteiger partial charge < -0.3 is 19.8 Å². The van der Waals surface area contributed by atoms with Gasteiger partial charge in [-0.3, -0.25) is 9.99 Å². The molecule has 7 heteroatoms. The number of piperidine rings is 1. The van der Waals surface area contributed by atoms with E-state index in [1.807, 2.05) is 30.7 Å². The molecule has 7 nitrogen and oxygen atoms in total. The molecule has 152 valence electrons. The van der Waals surface area contributed by atoms with E-state index in [9.17, 15) is 0 Å². The molecule has 29 heavy (non-hydrogen) atoms. The molecule has 0 aromatic carbocycles. The largest absolute Gasteiger partial charge is 0.489 e. The van der Waals surface area contributed by atoms with Crippen LogP contribution in [0.4, 0.5) is 0 Å². The van der Waals surface area contributed by atoms with Gasteiger partial charge >= 0.3 is 0 Å². The zero-order valence-corrected chi connectivity index (χ0v) is 16.9. The second-order valence-electron chi connectivity index (χ2n) is 7.25. The third-order valence-electron chi connectivity index (χ3n) is 5.22. The van der Waals surface area contributed by atoms with Crippen molar-refractivity contribution in [2.75, 3.05) is 20.2 Å². The number of rotatable bonds is 6. The maximum Gasteiger partial charge on any atom is 0.213 e. The first kappa shape index (κ1) is 19.1. The summed E-state index contributed by atoms with van der Waals surface area (Å²) in [6.45, 7) is 4.85. The topological polar surface area (TPSA) is 62.8 Å². The van der Waals surface area contributed by atoms with Gasteiger partial charge in [-0.1, -0.05) is 0 Å². The first-order valence-electron chi connectivity index (χ1n) is 9.94. The lowest BCUT2D eigenvalue weighted by Gasteiger charge is -2.41. The average Bonchev–Trinajstić information content (AvgIpc) is 2.76. The number of nitrogens with one attached hydrogen (secondary N) is 1. The van der Waals surface area contributed by atoms with Crippen molar-refractivity contribution in [2.45, 2.75) is 32.4 Å². The molecule has 2 aromatic rings. The van der Waals surface area contributed by atoms with Gasteiger partial charge in [0.1, 0.15) is 17.7 Å². The summed E-state index contributed by atoms with van der Waals surface area (Å²) >= 11 is 0. The van der Waals surface area contributed by atoms with Crippen LogP contribution in [0.3, 0.4) is 0 Å². The number of likely N-dealkylation sites (tertiary alicyclic amines) is 1. The highest BCUT2D eigenvalue weighted by atomic mass is 16.5. The fraction of sp³-hybridized carbons (Fsp3) is 0.364. The molecule has 2 aromatic heterocycles. The summed E-state index contributed by atoms with van der Waals surface area (Å²) in [5, 5.41) is 2.21. The van der Waals surface area contributed by atoms with Gasteiger partial charge in [-0.2, -0.15) is 0 Å². The number of aromatic nitrogens is 2. The van der Waals surface area contributed by atoms with E-state index in [1.54, 1.807) is 13.3 Å². The molecule has 4 heterocycles. The maximum atomic E-state index is 6.13. The van der Waals surface area contributed by atoms with Crippen LogP contribution in [-0.2, 0) is 6.54 Å². The van der Waals surface area contributed by atoms with E-state index in [0.717, 1.165) is 38.2 Å². The summed E-state index contributed by atoms with van der Waals surface area (Å²) in [5.41, 5.74) is 5.87. The molecule has 1 saturated heterocycles. The van der Waals surface area contributed by atoms with Crippen molar-refractivity contribution in [2.24, 2.45) is 0 Å². The highest BCUT2D eigenvalue weighted by molar-refractivity contribution is 5.27. The molecule has 0 spiro atoms. The Hall–Kier alpha value is -3.22. The number of nitrogens with zero attached hydrogens (tertiary/aromatic N) is 4. The zero-order valence-electron chi connectivity index (χ0n) is 16.9. The Labute approximate surface area is 171 Å². The second kappa shape index (κ2) is 8.86. The van der Waals surface area contributed by atoms with Crippen LogP contribution in [0.1, 0.15) is 25.3 Å². The van der Waals surface area contributed by atoms with Gasteiger partial charge in [-0.15, -0.1) is 0 Å². The summed E-state index contributed by atoms with van der Waals surface area (Å²) < 4.78 is 11.2. The summed E-state index contributed by atoms with van der Waals surface area (Å²) in [5.74, 6) is 2.62. The molecule has 2 aliphatic heterocycles. The molecule has 1 fully saturated rings. The van der Waals surface area contributed by atoms with Crippen molar-refractivity contribution >= 4 is 0 Å². The first-order valence-corrected chi connectivity index (χ1v) is 9.94. The van der Waals surface area contributed by atoms with E-state index < -0.39 is 0 Å². The minimum absolute atomic E-state index is 0.197. The van der Waals surface area contributed by atoms with Crippen LogP contribution >= 0.6 is 0 Å². The average molecular weight is 393 g/mol. The van der Waals surface area contributed by atoms with E-state index in [4.69, 9.17) is 9.47 Å². The van der Waals surface area contributed by atoms with E-state index in [2.05, 4.69) is 50.4 Å². The van der Waals surface area contributed by atoms with E-state index >= 15 is 0 Å². The molecular formula is C22H27N5O2. The second-order valence-corrected chi connectivity index (χ2v) is 7.25. The zero-order chi connectivity index (χ0) is 20.1. The molecule has 0 unspecified atom stereocenters. The molecule has 1 N–H and O–H groups in total. The van der Waals surface area contributed by atoms with Crippen LogP contribution in [0.25, 0.3) is 0 Å². The van der Waals surface area contributed by atoms with Gasteiger partial charge in [-0.05, 0) is 42.3 Å². The lowest BCUT2D eigenvalue weighted by molar-refractivity contribution is 0.0837. The van der Waals surface area contributed by atoms with Crippen molar-refractivity contribution in [1.82, 2.24) is 25.3 Å².